The second kappa shape index (κ2) is 8.23. The molecule has 0 atom stereocenters. The predicted molar refractivity (Wildman–Crippen MR) is 116 cm³/mol. The first-order valence-corrected chi connectivity index (χ1v) is 10.3. The fourth-order valence-electron chi connectivity index (χ4n) is 3.33. The summed E-state index contributed by atoms with van der Waals surface area (Å²) in [6, 6.07) is 8.30. The largest absolute Gasteiger partial charge is 0.481 e. The van der Waals surface area contributed by atoms with E-state index in [2.05, 4.69) is 15.0 Å². The standard InChI is InChI=1S/C22H21FN4O2S/c1-13-26-20(21(30-13)15-4-7-19(29-3)25-12-15)22(28)27(2)9-8-14-11-24-18-6-5-16(23)10-17(14)18/h4-7,10-12,24H,8-9H2,1-3H3. The fraction of sp³-hybridized carbons (Fsp3) is 0.227. The molecule has 4 rings (SSSR count). The maximum atomic E-state index is 13.6. The zero-order valence-corrected chi connectivity index (χ0v) is 17.7. The number of carbonyl (C=O) groups excluding carboxylic acids is 1. The number of hydrogen-bond acceptors (Lipinski definition) is 5. The fourth-order valence-corrected chi connectivity index (χ4v) is 4.23. The number of hydrogen-bond donors (Lipinski definition) is 1. The lowest BCUT2D eigenvalue weighted by atomic mass is 10.1. The van der Waals surface area contributed by atoms with Crippen molar-refractivity contribution in [2.45, 2.75) is 13.3 Å². The number of pyridine rings is 1. The first kappa shape index (κ1) is 20.0. The number of carbonyl (C=O) groups is 1. The van der Waals surface area contributed by atoms with Crippen molar-refractivity contribution in [1.82, 2.24) is 19.9 Å². The molecule has 3 aromatic heterocycles. The Kier molecular flexibility index (Phi) is 5.50. The first-order chi connectivity index (χ1) is 14.5. The molecule has 30 heavy (non-hydrogen) atoms. The SMILES string of the molecule is COc1ccc(-c2sc(C)nc2C(=O)N(C)CCc2c[nH]c3ccc(F)cc23)cn1. The third kappa shape index (κ3) is 3.91. The van der Waals surface area contributed by atoms with Gasteiger partial charge in [0, 0.05) is 48.5 Å². The lowest BCUT2D eigenvalue weighted by Crippen LogP contribution is -2.29. The Hall–Kier alpha value is -3.26. The van der Waals surface area contributed by atoms with E-state index in [-0.39, 0.29) is 11.7 Å². The maximum Gasteiger partial charge on any atom is 0.273 e. The summed E-state index contributed by atoms with van der Waals surface area (Å²) in [5, 5.41) is 1.65. The molecule has 4 aromatic rings. The van der Waals surface area contributed by atoms with E-state index in [1.165, 1.54) is 23.5 Å². The molecule has 0 radical (unpaired) electrons. The van der Waals surface area contributed by atoms with Crippen LogP contribution in [0.4, 0.5) is 4.39 Å². The molecule has 0 unspecified atom stereocenters. The van der Waals surface area contributed by atoms with E-state index < -0.39 is 0 Å². The number of thiazole rings is 1. The van der Waals surface area contributed by atoms with Gasteiger partial charge in [-0.1, -0.05) is 0 Å². The molecule has 154 valence electrons. The molecule has 0 fully saturated rings. The number of aryl methyl sites for hydroxylation is 1. The Balaban J connectivity index is 1.53. The van der Waals surface area contributed by atoms with Crippen LogP contribution in [0.1, 0.15) is 21.1 Å². The first-order valence-electron chi connectivity index (χ1n) is 9.45. The zero-order valence-electron chi connectivity index (χ0n) is 16.9. The van der Waals surface area contributed by atoms with Gasteiger partial charge in [-0.05, 0) is 43.2 Å². The summed E-state index contributed by atoms with van der Waals surface area (Å²) in [5.74, 6) is 0.0832. The van der Waals surface area contributed by atoms with Gasteiger partial charge in [-0.3, -0.25) is 4.79 Å². The summed E-state index contributed by atoms with van der Waals surface area (Å²) >= 11 is 1.46. The molecule has 0 bridgehead atoms. The van der Waals surface area contributed by atoms with E-state index in [1.807, 2.05) is 19.2 Å². The van der Waals surface area contributed by atoms with Crippen LogP contribution < -0.4 is 4.74 Å². The van der Waals surface area contributed by atoms with Crippen LogP contribution in [0, 0.1) is 12.7 Å². The van der Waals surface area contributed by atoms with Crippen molar-refractivity contribution in [3.8, 4) is 16.3 Å². The number of methoxy groups -OCH3 is 1. The Morgan fingerprint density at radius 2 is 2.13 bits per heavy atom. The highest BCUT2D eigenvalue weighted by molar-refractivity contribution is 7.15. The molecule has 0 aliphatic rings. The molecule has 6 nitrogen and oxygen atoms in total. The summed E-state index contributed by atoms with van der Waals surface area (Å²) in [6.45, 7) is 2.36. The quantitative estimate of drug-likeness (QED) is 0.496. The second-order valence-corrected chi connectivity index (χ2v) is 8.18. The number of halogens is 1. The number of H-pyrrole nitrogens is 1. The van der Waals surface area contributed by atoms with E-state index in [4.69, 9.17) is 4.74 Å². The molecule has 1 aromatic carbocycles. The minimum Gasteiger partial charge on any atom is -0.481 e. The molecular formula is C22H21FN4O2S. The number of benzene rings is 1. The van der Waals surface area contributed by atoms with Gasteiger partial charge >= 0.3 is 0 Å². The van der Waals surface area contributed by atoms with Crippen LogP contribution in [-0.4, -0.2) is 46.5 Å². The van der Waals surface area contributed by atoms with Crippen molar-refractivity contribution >= 4 is 28.1 Å². The van der Waals surface area contributed by atoms with E-state index in [0.717, 1.165) is 31.9 Å². The van der Waals surface area contributed by atoms with Gasteiger partial charge in [0.15, 0.2) is 0 Å². The number of aromatic amines is 1. The highest BCUT2D eigenvalue weighted by atomic mass is 32.1. The molecule has 0 saturated heterocycles. The van der Waals surface area contributed by atoms with Crippen molar-refractivity contribution in [2.75, 3.05) is 20.7 Å². The van der Waals surface area contributed by atoms with Crippen molar-refractivity contribution in [3.05, 3.63) is 64.8 Å². The molecule has 1 amide bonds. The average molecular weight is 425 g/mol. The van der Waals surface area contributed by atoms with Crippen LogP contribution in [0.3, 0.4) is 0 Å². The van der Waals surface area contributed by atoms with E-state index in [0.29, 0.717) is 24.5 Å². The summed E-state index contributed by atoms with van der Waals surface area (Å²) in [5.41, 5.74) is 3.09. The zero-order chi connectivity index (χ0) is 21.3. The second-order valence-electron chi connectivity index (χ2n) is 6.98. The minimum atomic E-state index is -0.275. The van der Waals surface area contributed by atoms with Crippen molar-refractivity contribution < 1.29 is 13.9 Å². The van der Waals surface area contributed by atoms with E-state index in [1.54, 1.807) is 37.4 Å². The number of aromatic nitrogens is 3. The van der Waals surface area contributed by atoms with Crippen LogP contribution in [-0.2, 0) is 6.42 Å². The van der Waals surface area contributed by atoms with Gasteiger partial charge in [0.2, 0.25) is 5.88 Å². The number of rotatable bonds is 6. The smallest absolute Gasteiger partial charge is 0.273 e. The Labute approximate surface area is 177 Å². The highest BCUT2D eigenvalue weighted by Crippen LogP contribution is 2.31. The molecule has 8 heteroatoms. The van der Waals surface area contributed by atoms with Gasteiger partial charge in [0.05, 0.1) is 17.0 Å². The molecule has 1 N–H and O–H groups in total. The number of nitrogens with zero attached hydrogens (tertiary/aromatic N) is 3. The van der Waals surface area contributed by atoms with Crippen LogP contribution in [0.15, 0.2) is 42.7 Å². The monoisotopic (exact) mass is 424 g/mol. The van der Waals surface area contributed by atoms with E-state index in [9.17, 15) is 9.18 Å². The molecule has 0 saturated carbocycles. The third-order valence-corrected chi connectivity index (χ3v) is 5.96. The number of fused-ring (bicyclic) bond motifs is 1. The Morgan fingerprint density at radius 3 is 2.87 bits per heavy atom. The van der Waals surface area contributed by atoms with Gasteiger partial charge in [-0.25, -0.2) is 14.4 Å². The number of ether oxygens (including phenoxy) is 1. The number of amides is 1. The molecular weight excluding hydrogens is 403 g/mol. The van der Waals surface area contributed by atoms with Crippen molar-refractivity contribution in [3.63, 3.8) is 0 Å². The molecule has 3 heterocycles. The normalized spacial score (nSPS) is 11.1. The number of nitrogens with one attached hydrogen (secondary N) is 1. The van der Waals surface area contributed by atoms with Gasteiger partial charge < -0.3 is 14.6 Å². The summed E-state index contributed by atoms with van der Waals surface area (Å²) in [6.07, 6.45) is 4.15. The topological polar surface area (TPSA) is 71.1 Å². The minimum absolute atomic E-state index is 0.156. The molecule has 0 aliphatic heterocycles. The van der Waals surface area contributed by atoms with Crippen LogP contribution in [0.2, 0.25) is 0 Å². The van der Waals surface area contributed by atoms with E-state index >= 15 is 0 Å². The van der Waals surface area contributed by atoms with Crippen LogP contribution >= 0.6 is 11.3 Å². The third-order valence-electron chi connectivity index (χ3n) is 4.94. The predicted octanol–water partition coefficient (Wildman–Crippen LogP) is 4.46. The summed E-state index contributed by atoms with van der Waals surface area (Å²) in [7, 11) is 3.31. The van der Waals surface area contributed by atoms with Gasteiger partial charge in [-0.15, -0.1) is 11.3 Å². The van der Waals surface area contributed by atoms with Gasteiger partial charge in [-0.2, -0.15) is 0 Å². The maximum absolute atomic E-state index is 13.6. The van der Waals surface area contributed by atoms with Crippen LogP contribution in [0.25, 0.3) is 21.3 Å². The van der Waals surface area contributed by atoms with Crippen molar-refractivity contribution in [1.29, 1.82) is 0 Å². The number of likely N-dealkylation sites (N-methyl/N-ethyl adjacent to an activating group) is 1. The lowest BCUT2D eigenvalue weighted by Gasteiger charge is -2.16. The van der Waals surface area contributed by atoms with Crippen molar-refractivity contribution in [2.24, 2.45) is 0 Å². The van der Waals surface area contributed by atoms with Crippen LogP contribution in [0.5, 0.6) is 5.88 Å². The van der Waals surface area contributed by atoms with Gasteiger partial charge in [0.1, 0.15) is 11.5 Å². The Morgan fingerprint density at radius 1 is 1.30 bits per heavy atom. The summed E-state index contributed by atoms with van der Waals surface area (Å²) in [4.78, 5) is 27.4. The molecule has 0 aliphatic carbocycles. The average Bonchev–Trinajstić information content (AvgIpc) is 3.34. The summed E-state index contributed by atoms with van der Waals surface area (Å²) < 4.78 is 18.7. The highest BCUT2D eigenvalue weighted by Gasteiger charge is 2.22. The molecule has 0 spiro atoms. The lowest BCUT2D eigenvalue weighted by molar-refractivity contribution is 0.0792. The van der Waals surface area contributed by atoms with Gasteiger partial charge in [0.25, 0.3) is 5.91 Å². The Bertz CT molecular complexity index is 1200.